The number of imide groups is 1. The Bertz CT molecular complexity index is 428. The zero-order valence-corrected chi connectivity index (χ0v) is 11.5. The number of carbonyl (C=O) groups excluding carboxylic acids is 2. The number of carbonyl (C=O) groups is 3. The molecule has 1 saturated heterocycles. The van der Waals surface area contributed by atoms with E-state index in [0.717, 1.165) is 12.8 Å². The number of carboxylic acid groups (broad SMARTS) is 1. The summed E-state index contributed by atoms with van der Waals surface area (Å²) in [6.07, 6.45) is 2.00. The van der Waals surface area contributed by atoms with Gasteiger partial charge in [0.15, 0.2) is 0 Å². The van der Waals surface area contributed by atoms with Crippen LogP contribution in [0.15, 0.2) is 11.1 Å². The summed E-state index contributed by atoms with van der Waals surface area (Å²) in [7, 11) is 0. The highest BCUT2D eigenvalue weighted by Gasteiger charge is 2.23. The lowest BCUT2D eigenvalue weighted by Crippen LogP contribution is -2.47. The van der Waals surface area contributed by atoms with Gasteiger partial charge in [-0.15, -0.1) is 0 Å². The van der Waals surface area contributed by atoms with Gasteiger partial charge in [-0.25, -0.2) is 9.59 Å². The topological polar surface area (TPSA) is 86.7 Å². The number of rotatable bonds is 2. The fourth-order valence-electron chi connectivity index (χ4n) is 1.97. The second kappa shape index (κ2) is 6.36. The van der Waals surface area contributed by atoms with Gasteiger partial charge in [0.1, 0.15) is 0 Å². The molecule has 1 aliphatic heterocycles. The number of hydrogen-bond acceptors (Lipinski definition) is 3. The summed E-state index contributed by atoms with van der Waals surface area (Å²) >= 11 is 0. The predicted molar refractivity (Wildman–Crippen MR) is 69.5 cm³/mol. The second-order valence-electron chi connectivity index (χ2n) is 5.01. The number of carboxylic acids is 1. The second-order valence-corrected chi connectivity index (χ2v) is 5.01. The maximum absolute atomic E-state index is 11.9. The summed E-state index contributed by atoms with van der Waals surface area (Å²) in [5.74, 6) is -1.39. The van der Waals surface area contributed by atoms with E-state index in [1.807, 2.05) is 0 Å². The third kappa shape index (κ3) is 4.08. The Morgan fingerprint density at radius 3 is 2.37 bits per heavy atom. The molecule has 0 spiro atoms. The molecule has 0 aliphatic carbocycles. The van der Waals surface area contributed by atoms with E-state index in [1.165, 1.54) is 13.8 Å². The molecular formula is C13H20N2O4. The van der Waals surface area contributed by atoms with Gasteiger partial charge in [-0.05, 0) is 32.6 Å². The molecule has 0 radical (unpaired) electrons. The van der Waals surface area contributed by atoms with Crippen LogP contribution in [0.25, 0.3) is 0 Å². The third-order valence-electron chi connectivity index (χ3n) is 3.39. The van der Waals surface area contributed by atoms with E-state index < -0.39 is 17.9 Å². The van der Waals surface area contributed by atoms with Crippen LogP contribution in [0.1, 0.15) is 33.6 Å². The molecule has 1 unspecified atom stereocenters. The Kier molecular flexibility index (Phi) is 5.09. The highest BCUT2D eigenvalue weighted by Crippen LogP contribution is 2.15. The maximum atomic E-state index is 11.9. The summed E-state index contributed by atoms with van der Waals surface area (Å²) in [6.45, 7) is 6.04. The zero-order valence-electron chi connectivity index (χ0n) is 11.5. The normalized spacial score (nSPS) is 20.6. The summed E-state index contributed by atoms with van der Waals surface area (Å²) in [5, 5.41) is 11.0. The average molecular weight is 268 g/mol. The zero-order chi connectivity index (χ0) is 14.6. The van der Waals surface area contributed by atoms with Gasteiger partial charge >= 0.3 is 12.0 Å². The van der Waals surface area contributed by atoms with Crippen LogP contribution in [0.3, 0.4) is 0 Å². The van der Waals surface area contributed by atoms with Crippen LogP contribution >= 0.6 is 0 Å². The Labute approximate surface area is 112 Å². The largest absolute Gasteiger partial charge is 0.478 e. The van der Waals surface area contributed by atoms with Gasteiger partial charge < -0.3 is 10.0 Å². The maximum Gasteiger partial charge on any atom is 0.331 e. The van der Waals surface area contributed by atoms with Crippen LogP contribution in [-0.4, -0.2) is 41.0 Å². The lowest BCUT2D eigenvalue weighted by atomic mass is 10.0. The molecule has 0 bridgehead atoms. The minimum atomic E-state index is -1.16. The smallest absolute Gasteiger partial charge is 0.331 e. The van der Waals surface area contributed by atoms with Crippen LogP contribution in [-0.2, 0) is 9.59 Å². The quantitative estimate of drug-likeness (QED) is 0.741. The summed E-state index contributed by atoms with van der Waals surface area (Å²) < 4.78 is 0. The molecule has 0 aromatic rings. The van der Waals surface area contributed by atoms with Crippen LogP contribution in [0, 0.1) is 5.92 Å². The fourth-order valence-corrected chi connectivity index (χ4v) is 1.97. The van der Waals surface area contributed by atoms with Crippen LogP contribution in [0.2, 0.25) is 0 Å². The Balaban J connectivity index is 2.64. The number of nitrogens with zero attached hydrogens (tertiary/aromatic N) is 1. The van der Waals surface area contributed by atoms with Gasteiger partial charge in [0.2, 0.25) is 0 Å². The average Bonchev–Trinajstić information content (AvgIpc) is 2.36. The SMILES string of the molecule is CC(C(=O)O)=C(C)C(=O)NC(=O)N1CCCC(C)C1. The van der Waals surface area contributed by atoms with E-state index in [1.54, 1.807) is 4.90 Å². The molecular weight excluding hydrogens is 248 g/mol. The van der Waals surface area contributed by atoms with Crippen molar-refractivity contribution < 1.29 is 19.5 Å². The van der Waals surface area contributed by atoms with Crippen LogP contribution in [0.4, 0.5) is 4.79 Å². The molecule has 1 aliphatic rings. The van der Waals surface area contributed by atoms with E-state index >= 15 is 0 Å². The number of piperidine rings is 1. The lowest BCUT2D eigenvalue weighted by molar-refractivity contribution is -0.133. The van der Waals surface area contributed by atoms with Gasteiger partial charge in [0, 0.05) is 24.2 Å². The third-order valence-corrected chi connectivity index (χ3v) is 3.39. The number of urea groups is 1. The monoisotopic (exact) mass is 268 g/mol. The standard InChI is InChI=1S/C13H20N2O4/c1-8-5-4-6-15(7-8)13(19)14-11(16)9(2)10(3)12(17)18/h8H,4-7H2,1-3H3,(H,17,18)(H,14,16,19). The lowest BCUT2D eigenvalue weighted by Gasteiger charge is -2.30. The van der Waals surface area contributed by atoms with E-state index in [4.69, 9.17) is 5.11 Å². The summed E-state index contributed by atoms with van der Waals surface area (Å²) in [5.41, 5.74) is -0.0109. The number of amides is 3. The molecule has 2 N–H and O–H groups in total. The first-order chi connectivity index (χ1) is 8.82. The molecule has 106 valence electrons. The predicted octanol–water partition coefficient (Wildman–Crippen LogP) is 1.38. The Morgan fingerprint density at radius 2 is 1.84 bits per heavy atom. The molecule has 1 heterocycles. The summed E-state index contributed by atoms with van der Waals surface area (Å²) in [6, 6.07) is -0.450. The van der Waals surface area contributed by atoms with Crippen molar-refractivity contribution in [1.82, 2.24) is 10.2 Å². The van der Waals surface area contributed by atoms with Crippen molar-refractivity contribution in [1.29, 1.82) is 0 Å². The molecule has 6 heteroatoms. The molecule has 19 heavy (non-hydrogen) atoms. The van der Waals surface area contributed by atoms with E-state index in [-0.39, 0.29) is 11.1 Å². The Morgan fingerprint density at radius 1 is 1.21 bits per heavy atom. The number of likely N-dealkylation sites (tertiary alicyclic amines) is 1. The van der Waals surface area contributed by atoms with Crippen molar-refractivity contribution in [2.45, 2.75) is 33.6 Å². The number of hydrogen-bond donors (Lipinski definition) is 2. The molecule has 1 rings (SSSR count). The van der Waals surface area contributed by atoms with Gasteiger partial charge in [-0.1, -0.05) is 6.92 Å². The van der Waals surface area contributed by atoms with E-state index in [0.29, 0.717) is 19.0 Å². The first kappa shape index (κ1) is 15.2. The van der Waals surface area contributed by atoms with Crippen molar-refractivity contribution in [2.75, 3.05) is 13.1 Å². The highest BCUT2D eigenvalue weighted by molar-refractivity contribution is 6.07. The molecule has 0 aromatic heterocycles. The van der Waals surface area contributed by atoms with Gasteiger partial charge in [0.05, 0.1) is 0 Å². The molecule has 0 saturated carbocycles. The van der Waals surface area contributed by atoms with Crippen molar-refractivity contribution in [3.8, 4) is 0 Å². The van der Waals surface area contributed by atoms with Crippen LogP contribution in [0.5, 0.6) is 0 Å². The van der Waals surface area contributed by atoms with Gasteiger partial charge in [-0.2, -0.15) is 0 Å². The van der Waals surface area contributed by atoms with Gasteiger partial charge in [0.25, 0.3) is 5.91 Å². The van der Waals surface area contributed by atoms with E-state index in [9.17, 15) is 14.4 Å². The Hall–Kier alpha value is -1.85. The first-order valence-corrected chi connectivity index (χ1v) is 6.34. The van der Waals surface area contributed by atoms with Crippen molar-refractivity contribution in [3.63, 3.8) is 0 Å². The molecule has 1 fully saturated rings. The highest BCUT2D eigenvalue weighted by atomic mass is 16.4. The molecule has 3 amide bonds. The van der Waals surface area contributed by atoms with Crippen LogP contribution < -0.4 is 5.32 Å². The number of nitrogens with one attached hydrogen (secondary N) is 1. The van der Waals surface area contributed by atoms with Crippen molar-refractivity contribution in [3.05, 3.63) is 11.1 Å². The first-order valence-electron chi connectivity index (χ1n) is 6.34. The molecule has 0 aromatic carbocycles. The van der Waals surface area contributed by atoms with Gasteiger partial charge in [-0.3, -0.25) is 10.1 Å². The minimum Gasteiger partial charge on any atom is -0.478 e. The fraction of sp³-hybridized carbons (Fsp3) is 0.615. The van der Waals surface area contributed by atoms with Crippen molar-refractivity contribution >= 4 is 17.9 Å². The minimum absolute atomic E-state index is 0.0471. The molecule has 6 nitrogen and oxygen atoms in total. The summed E-state index contributed by atoms with van der Waals surface area (Å²) in [4.78, 5) is 36.0. The molecule has 1 atom stereocenters. The van der Waals surface area contributed by atoms with E-state index in [2.05, 4.69) is 12.2 Å². The van der Waals surface area contributed by atoms with Crippen molar-refractivity contribution in [2.24, 2.45) is 5.92 Å². The number of aliphatic carboxylic acids is 1.